The molecule has 0 radical (unpaired) electrons. The lowest BCUT2D eigenvalue weighted by molar-refractivity contribution is 0.511. The Morgan fingerprint density at radius 1 is 1.14 bits per heavy atom. The smallest absolute Gasteiger partial charge is 0.295 e. The second kappa shape index (κ2) is 4.41. The van der Waals surface area contributed by atoms with Crippen molar-refractivity contribution in [3.63, 3.8) is 0 Å². The van der Waals surface area contributed by atoms with Crippen molar-refractivity contribution >= 4 is 15.9 Å². The fourth-order valence-electron chi connectivity index (χ4n) is 0.736. The Balaban J connectivity index is 2.58. The zero-order valence-corrected chi connectivity index (χ0v) is 8.88. The average molecular weight is 215 g/mol. The molecular weight excluding hydrogens is 202 g/mol. The largest absolute Gasteiger partial charge is 0.307 e. The third-order valence-corrected chi connectivity index (χ3v) is 2.90. The van der Waals surface area contributed by atoms with Crippen LogP contribution in [0.1, 0.15) is 0 Å². The van der Waals surface area contributed by atoms with Crippen LogP contribution in [0.25, 0.3) is 0 Å². The molecule has 0 spiro atoms. The molecule has 0 fully saturated rings. The summed E-state index contributed by atoms with van der Waals surface area (Å²) in [6, 6.07) is 9.00. The average Bonchev–Trinajstić information content (AvgIpc) is 2.16. The maximum absolute atomic E-state index is 11.3. The predicted molar refractivity (Wildman–Crippen MR) is 55.8 cm³/mol. The van der Waals surface area contributed by atoms with Gasteiger partial charge in [0.15, 0.2) is 0 Å². The third-order valence-electron chi connectivity index (χ3n) is 1.58. The summed E-state index contributed by atoms with van der Waals surface area (Å²) in [7, 11) is -0.517. The molecule has 14 heavy (non-hydrogen) atoms. The SMILES string of the molecule is CN(C)S(=O)(=O)NNc1ccccc1. The fourth-order valence-corrected chi connectivity index (χ4v) is 1.17. The summed E-state index contributed by atoms with van der Waals surface area (Å²) in [6.07, 6.45) is 0. The lowest BCUT2D eigenvalue weighted by Gasteiger charge is -2.13. The standard InChI is InChI=1S/C8H13N3O2S/c1-11(2)14(12,13)10-9-8-6-4-3-5-7-8/h3-7,9-10H,1-2H3. The van der Waals surface area contributed by atoms with E-state index in [0.29, 0.717) is 5.69 Å². The molecule has 0 bridgehead atoms. The van der Waals surface area contributed by atoms with Crippen molar-refractivity contribution in [1.29, 1.82) is 0 Å². The molecule has 0 saturated heterocycles. The Bertz CT molecular complexity index is 375. The normalized spacial score (nSPS) is 11.6. The quantitative estimate of drug-likeness (QED) is 0.715. The molecule has 6 heteroatoms. The van der Waals surface area contributed by atoms with Crippen LogP contribution in [0.4, 0.5) is 5.69 Å². The predicted octanol–water partition coefficient (Wildman–Crippen LogP) is 0.409. The van der Waals surface area contributed by atoms with Gasteiger partial charge in [0.1, 0.15) is 0 Å². The monoisotopic (exact) mass is 215 g/mol. The first-order chi connectivity index (χ1) is 6.52. The van der Waals surface area contributed by atoms with Crippen molar-refractivity contribution in [2.24, 2.45) is 0 Å². The van der Waals surface area contributed by atoms with Crippen LogP contribution in [0, 0.1) is 0 Å². The minimum atomic E-state index is -3.42. The summed E-state index contributed by atoms with van der Waals surface area (Å²) in [5.74, 6) is 0. The zero-order valence-electron chi connectivity index (χ0n) is 8.06. The van der Waals surface area contributed by atoms with Crippen molar-refractivity contribution in [3.05, 3.63) is 30.3 Å². The van der Waals surface area contributed by atoms with Gasteiger partial charge >= 0.3 is 0 Å². The molecule has 0 heterocycles. The minimum Gasteiger partial charge on any atom is -0.307 e. The molecule has 0 amide bonds. The zero-order chi connectivity index (χ0) is 10.6. The van der Waals surface area contributed by atoms with Crippen LogP contribution in [0.2, 0.25) is 0 Å². The highest BCUT2D eigenvalue weighted by molar-refractivity contribution is 7.87. The Morgan fingerprint density at radius 2 is 1.71 bits per heavy atom. The van der Waals surface area contributed by atoms with Crippen LogP contribution in [0.3, 0.4) is 0 Å². The second-order valence-corrected chi connectivity index (χ2v) is 4.77. The fraction of sp³-hybridized carbons (Fsp3) is 0.250. The topological polar surface area (TPSA) is 61.4 Å². The molecule has 2 N–H and O–H groups in total. The van der Waals surface area contributed by atoms with Gasteiger partial charge in [-0.15, -0.1) is 4.83 Å². The lowest BCUT2D eigenvalue weighted by Crippen LogP contribution is -2.38. The Labute approximate surface area is 83.9 Å². The third kappa shape index (κ3) is 2.99. The number of hydrogen-bond donors (Lipinski definition) is 2. The number of hydrogen-bond acceptors (Lipinski definition) is 3. The first-order valence-electron chi connectivity index (χ1n) is 4.03. The molecule has 5 nitrogen and oxygen atoms in total. The number of hydrazine groups is 1. The van der Waals surface area contributed by atoms with Gasteiger partial charge in [-0.25, -0.2) is 0 Å². The summed E-state index contributed by atoms with van der Waals surface area (Å²) in [4.78, 5) is 2.22. The maximum atomic E-state index is 11.3. The number of benzene rings is 1. The van der Waals surface area contributed by atoms with Gasteiger partial charge < -0.3 is 5.43 Å². The van der Waals surface area contributed by atoms with E-state index in [2.05, 4.69) is 10.3 Å². The van der Waals surface area contributed by atoms with Crippen LogP contribution in [0.15, 0.2) is 30.3 Å². The van der Waals surface area contributed by atoms with Crippen molar-refractivity contribution in [2.75, 3.05) is 19.5 Å². The number of nitrogens with zero attached hydrogens (tertiary/aromatic N) is 1. The number of nitrogens with one attached hydrogen (secondary N) is 2. The van der Waals surface area contributed by atoms with Crippen LogP contribution in [0.5, 0.6) is 0 Å². The highest BCUT2D eigenvalue weighted by atomic mass is 32.2. The van der Waals surface area contributed by atoms with E-state index in [4.69, 9.17) is 0 Å². The molecule has 0 unspecified atom stereocenters. The Hall–Kier alpha value is -1.11. The van der Waals surface area contributed by atoms with Gasteiger partial charge in [-0.1, -0.05) is 18.2 Å². The van der Waals surface area contributed by atoms with Gasteiger partial charge in [0.05, 0.1) is 0 Å². The first-order valence-corrected chi connectivity index (χ1v) is 5.47. The molecule has 0 aliphatic carbocycles. The summed E-state index contributed by atoms with van der Waals surface area (Å²) in [6.45, 7) is 0. The molecule has 0 aliphatic rings. The molecule has 0 aromatic heterocycles. The van der Waals surface area contributed by atoms with E-state index in [0.717, 1.165) is 4.31 Å². The summed E-state index contributed by atoms with van der Waals surface area (Å²) in [5.41, 5.74) is 3.28. The highest BCUT2D eigenvalue weighted by Gasteiger charge is 2.11. The van der Waals surface area contributed by atoms with Gasteiger partial charge in [-0.3, -0.25) is 0 Å². The van der Waals surface area contributed by atoms with E-state index in [1.54, 1.807) is 12.1 Å². The van der Waals surface area contributed by atoms with Crippen LogP contribution < -0.4 is 10.3 Å². The van der Waals surface area contributed by atoms with Crippen molar-refractivity contribution < 1.29 is 8.42 Å². The van der Waals surface area contributed by atoms with Crippen LogP contribution >= 0.6 is 0 Å². The van der Waals surface area contributed by atoms with E-state index in [1.807, 2.05) is 18.2 Å². The molecule has 1 aromatic rings. The van der Waals surface area contributed by atoms with E-state index in [9.17, 15) is 8.42 Å². The van der Waals surface area contributed by atoms with E-state index in [1.165, 1.54) is 14.1 Å². The minimum absolute atomic E-state index is 0.693. The summed E-state index contributed by atoms with van der Waals surface area (Å²) >= 11 is 0. The van der Waals surface area contributed by atoms with Gasteiger partial charge in [0.2, 0.25) is 0 Å². The van der Waals surface area contributed by atoms with Gasteiger partial charge in [0.25, 0.3) is 10.2 Å². The second-order valence-electron chi connectivity index (χ2n) is 2.88. The molecule has 0 aliphatic heterocycles. The van der Waals surface area contributed by atoms with Gasteiger partial charge in [-0.05, 0) is 12.1 Å². The summed E-state index contributed by atoms with van der Waals surface area (Å²) < 4.78 is 23.6. The maximum Gasteiger partial charge on any atom is 0.295 e. The van der Waals surface area contributed by atoms with E-state index >= 15 is 0 Å². The van der Waals surface area contributed by atoms with Crippen molar-refractivity contribution in [1.82, 2.24) is 9.14 Å². The van der Waals surface area contributed by atoms with E-state index < -0.39 is 10.2 Å². The Kier molecular flexibility index (Phi) is 3.45. The molecular formula is C8H13N3O2S. The first kappa shape index (κ1) is 11.0. The molecule has 1 rings (SSSR count). The van der Waals surface area contributed by atoms with Crippen molar-refractivity contribution in [3.8, 4) is 0 Å². The van der Waals surface area contributed by atoms with E-state index in [-0.39, 0.29) is 0 Å². The van der Waals surface area contributed by atoms with Crippen LogP contribution in [-0.2, 0) is 10.2 Å². The van der Waals surface area contributed by atoms with Gasteiger partial charge in [-0.2, -0.15) is 12.7 Å². The molecule has 0 saturated carbocycles. The number of anilines is 1. The number of rotatable bonds is 4. The molecule has 78 valence electrons. The highest BCUT2D eigenvalue weighted by Crippen LogP contribution is 2.03. The van der Waals surface area contributed by atoms with Crippen molar-refractivity contribution in [2.45, 2.75) is 0 Å². The number of para-hydroxylation sites is 1. The van der Waals surface area contributed by atoms with Gasteiger partial charge in [0, 0.05) is 19.8 Å². The van der Waals surface area contributed by atoms with Crippen LogP contribution in [-0.4, -0.2) is 26.8 Å². The Morgan fingerprint density at radius 3 is 2.21 bits per heavy atom. The molecule has 1 aromatic carbocycles. The lowest BCUT2D eigenvalue weighted by atomic mass is 10.3. The molecule has 0 atom stereocenters. The summed E-state index contributed by atoms with van der Waals surface area (Å²) in [5, 5.41) is 0.